The van der Waals surface area contributed by atoms with Crippen LogP contribution in [0.4, 0.5) is 0 Å². The monoisotopic (exact) mass is 468 g/mol. The predicted molar refractivity (Wildman–Crippen MR) is 117 cm³/mol. The molecule has 8 heteroatoms. The smallest absolute Gasteiger partial charge is 0.261 e. The minimum atomic E-state index is -0.334. The molecule has 0 unspecified atom stereocenters. The number of benzene rings is 2. The molecule has 0 heterocycles. The number of thioether (sulfide) groups is 1. The Balaban J connectivity index is 1.94. The van der Waals surface area contributed by atoms with Crippen LogP contribution in [0.1, 0.15) is 15.9 Å². The Morgan fingerprint density at radius 2 is 1.93 bits per heavy atom. The van der Waals surface area contributed by atoms with E-state index in [1.165, 1.54) is 4.90 Å². The van der Waals surface area contributed by atoms with Crippen molar-refractivity contribution in [3.63, 3.8) is 0 Å². The van der Waals surface area contributed by atoms with E-state index in [-0.39, 0.29) is 11.0 Å². The lowest BCUT2D eigenvalue weighted by atomic mass is 10.2. The van der Waals surface area contributed by atoms with Crippen molar-refractivity contribution in [1.82, 2.24) is 10.6 Å². The number of hydrogen-bond acceptors (Lipinski definition) is 5. The van der Waals surface area contributed by atoms with Gasteiger partial charge in [-0.25, -0.2) is 0 Å². The minimum absolute atomic E-state index is 0.261. The second-order valence-corrected chi connectivity index (χ2v) is 7.67. The highest BCUT2D eigenvalue weighted by atomic mass is 79.9. The van der Waals surface area contributed by atoms with Gasteiger partial charge in [0.2, 0.25) is 0 Å². The van der Waals surface area contributed by atoms with Gasteiger partial charge in [-0.1, -0.05) is 28.1 Å². The fraction of sp³-hybridized carbons (Fsp3) is 0.263. The van der Waals surface area contributed by atoms with Crippen LogP contribution >= 0.6 is 39.9 Å². The number of methoxy groups -OCH3 is 1. The SMILES string of the molecule is COCCOc1ccc(Br)cc1C(=O)NC(=S)NCc1ccc(SC)cc1. The van der Waals surface area contributed by atoms with Crippen molar-refractivity contribution in [2.24, 2.45) is 0 Å². The average molecular weight is 469 g/mol. The maximum Gasteiger partial charge on any atom is 0.261 e. The van der Waals surface area contributed by atoms with Gasteiger partial charge >= 0.3 is 0 Å². The van der Waals surface area contributed by atoms with Gasteiger partial charge in [0.1, 0.15) is 12.4 Å². The summed E-state index contributed by atoms with van der Waals surface area (Å²) in [7, 11) is 1.59. The van der Waals surface area contributed by atoms with E-state index in [4.69, 9.17) is 21.7 Å². The van der Waals surface area contributed by atoms with Crippen molar-refractivity contribution in [3.8, 4) is 5.75 Å². The summed E-state index contributed by atoms with van der Waals surface area (Å²) in [5.41, 5.74) is 1.48. The molecule has 0 aromatic heterocycles. The van der Waals surface area contributed by atoms with Crippen LogP contribution in [0.15, 0.2) is 51.8 Å². The number of halogens is 1. The highest BCUT2D eigenvalue weighted by Crippen LogP contribution is 2.23. The Labute approximate surface area is 177 Å². The summed E-state index contributed by atoms with van der Waals surface area (Å²) in [6.45, 7) is 1.32. The Hall–Kier alpha value is -1.61. The first-order valence-electron chi connectivity index (χ1n) is 8.17. The number of carbonyl (C=O) groups excluding carboxylic acids is 1. The van der Waals surface area contributed by atoms with E-state index in [2.05, 4.69) is 38.7 Å². The van der Waals surface area contributed by atoms with E-state index < -0.39 is 0 Å². The van der Waals surface area contributed by atoms with Crippen LogP contribution in [0, 0.1) is 0 Å². The molecule has 0 aliphatic rings. The molecule has 0 fully saturated rings. The number of rotatable bonds is 8. The van der Waals surface area contributed by atoms with Crippen molar-refractivity contribution >= 4 is 50.9 Å². The van der Waals surface area contributed by atoms with Gasteiger partial charge < -0.3 is 14.8 Å². The van der Waals surface area contributed by atoms with Crippen molar-refractivity contribution in [3.05, 3.63) is 58.1 Å². The molecule has 2 rings (SSSR count). The molecular weight excluding hydrogens is 448 g/mol. The van der Waals surface area contributed by atoms with Gasteiger partial charge in [0, 0.05) is 23.0 Å². The molecular formula is C19H21BrN2O3S2. The third kappa shape index (κ3) is 7.14. The molecule has 0 spiro atoms. The quantitative estimate of drug-likeness (QED) is 0.346. The summed E-state index contributed by atoms with van der Waals surface area (Å²) in [5, 5.41) is 6.00. The molecule has 144 valence electrons. The Bertz CT molecular complexity index is 785. The number of hydrogen-bond donors (Lipinski definition) is 2. The van der Waals surface area contributed by atoms with Gasteiger partial charge in [0.15, 0.2) is 5.11 Å². The fourth-order valence-corrected chi connectivity index (χ4v) is 3.12. The highest BCUT2D eigenvalue weighted by molar-refractivity contribution is 9.10. The largest absolute Gasteiger partial charge is 0.490 e. The molecule has 0 atom stereocenters. The van der Waals surface area contributed by atoms with Gasteiger partial charge in [-0.3, -0.25) is 10.1 Å². The molecule has 0 bridgehead atoms. The number of carbonyl (C=O) groups is 1. The lowest BCUT2D eigenvalue weighted by molar-refractivity contribution is 0.0968. The standard InChI is InChI=1S/C19H21BrN2O3S2/c1-24-9-10-25-17-8-5-14(20)11-16(17)18(23)22-19(26)21-12-13-3-6-15(27-2)7-4-13/h3-8,11H,9-10,12H2,1-2H3,(H2,21,22,23,26). The highest BCUT2D eigenvalue weighted by Gasteiger charge is 2.15. The summed E-state index contributed by atoms with van der Waals surface area (Å²) < 4.78 is 11.4. The van der Waals surface area contributed by atoms with Crippen LogP contribution in [0.3, 0.4) is 0 Å². The summed E-state index contributed by atoms with van der Waals surface area (Å²) >= 11 is 10.3. The molecule has 0 saturated carbocycles. The zero-order chi connectivity index (χ0) is 19.6. The maximum absolute atomic E-state index is 12.6. The number of ether oxygens (including phenoxy) is 2. The first kappa shape index (κ1) is 21.7. The summed E-state index contributed by atoms with van der Waals surface area (Å²) in [5.74, 6) is 0.141. The van der Waals surface area contributed by atoms with Crippen LogP contribution in [-0.4, -0.2) is 37.6 Å². The zero-order valence-electron chi connectivity index (χ0n) is 15.1. The van der Waals surface area contributed by atoms with Gasteiger partial charge in [-0.15, -0.1) is 11.8 Å². The first-order valence-corrected chi connectivity index (χ1v) is 10.6. The van der Waals surface area contributed by atoms with Gasteiger partial charge in [-0.05, 0) is 54.4 Å². The number of thiocarbonyl (C=S) groups is 1. The minimum Gasteiger partial charge on any atom is -0.490 e. The molecule has 0 aliphatic heterocycles. The summed E-state index contributed by atoms with van der Waals surface area (Å²) in [6.07, 6.45) is 2.03. The average Bonchev–Trinajstić information content (AvgIpc) is 2.68. The van der Waals surface area contributed by atoms with Crippen LogP contribution in [0.5, 0.6) is 5.75 Å². The van der Waals surface area contributed by atoms with Crippen molar-refractivity contribution < 1.29 is 14.3 Å². The van der Waals surface area contributed by atoms with Crippen LogP contribution in [0.25, 0.3) is 0 Å². The zero-order valence-corrected chi connectivity index (χ0v) is 18.3. The Morgan fingerprint density at radius 3 is 2.59 bits per heavy atom. The van der Waals surface area contributed by atoms with E-state index in [0.717, 1.165) is 10.0 Å². The molecule has 2 N–H and O–H groups in total. The molecule has 0 aliphatic carbocycles. The van der Waals surface area contributed by atoms with Gasteiger partial charge in [0.05, 0.1) is 12.2 Å². The molecule has 2 aromatic rings. The molecule has 0 radical (unpaired) electrons. The van der Waals surface area contributed by atoms with Crippen molar-refractivity contribution in [1.29, 1.82) is 0 Å². The molecule has 1 amide bonds. The summed E-state index contributed by atoms with van der Waals surface area (Å²) in [6, 6.07) is 13.4. The molecule has 5 nitrogen and oxygen atoms in total. The van der Waals surface area contributed by atoms with Crippen molar-refractivity contribution in [2.75, 3.05) is 26.6 Å². The van der Waals surface area contributed by atoms with Gasteiger partial charge in [-0.2, -0.15) is 0 Å². The first-order chi connectivity index (χ1) is 13.0. The van der Waals surface area contributed by atoms with Gasteiger partial charge in [0.25, 0.3) is 5.91 Å². The lowest BCUT2D eigenvalue weighted by Crippen LogP contribution is -2.39. The van der Waals surface area contributed by atoms with E-state index >= 15 is 0 Å². The van der Waals surface area contributed by atoms with E-state index in [1.54, 1.807) is 31.0 Å². The van der Waals surface area contributed by atoms with Crippen LogP contribution in [0.2, 0.25) is 0 Å². The third-order valence-electron chi connectivity index (χ3n) is 3.57. The topological polar surface area (TPSA) is 59.6 Å². The molecule has 27 heavy (non-hydrogen) atoms. The predicted octanol–water partition coefficient (Wildman–Crippen LogP) is 4.00. The van der Waals surface area contributed by atoms with Crippen LogP contribution < -0.4 is 15.4 Å². The normalized spacial score (nSPS) is 10.3. The second kappa shape index (κ2) is 11.3. The number of amides is 1. The molecule has 0 saturated heterocycles. The van der Waals surface area contributed by atoms with E-state index in [0.29, 0.717) is 31.1 Å². The van der Waals surface area contributed by atoms with E-state index in [9.17, 15) is 4.79 Å². The molecule has 2 aromatic carbocycles. The summed E-state index contributed by atoms with van der Waals surface area (Å²) in [4.78, 5) is 13.8. The lowest BCUT2D eigenvalue weighted by Gasteiger charge is -2.13. The van der Waals surface area contributed by atoms with Crippen LogP contribution in [-0.2, 0) is 11.3 Å². The third-order valence-corrected chi connectivity index (χ3v) is 5.05. The van der Waals surface area contributed by atoms with E-state index in [1.807, 2.05) is 24.5 Å². The number of nitrogens with one attached hydrogen (secondary N) is 2. The Morgan fingerprint density at radius 1 is 1.19 bits per heavy atom. The Kier molecular flexibility index (Phi) is 9.06. The fourth-order valence-electron chi connectivity index (χ4n) is 2.18. The van der Waals surface area contributed by atoms with Crippen molar-refractivity contribution in [2.45, 2.75) is 11.4 Å². The maximum atomic E-state index is 12.6. The second-order valence-electron chi connectivity index (χ2n) is 5.47.